The minimum Gasteiger partial charge on any atom is -0.519 e. The van der Waals surface area contributed by atoms with E-state index in [0.717, 1.165) is 0 Å². The predicted octanol–water partition coefficient (Wildman–Crippen LogP) is 0.779. The molecule has 106 valence electrons. The molecule has 7 heteroatoms. The molecule has 5 nitrogen and oxygen atoms in total. The fourth-order valence-corrected chi connectivity index (χ4v) is 4.44. The smallest absolute Gasteiger partial charge is 0.305 e. The van der Waals surface area contributed by atoms with Crippen molar-refractivity contribution in [3.63, 3.8) is 0 Å². The summed E-state index contributed by atoms with van der Waals surface area (Å²) in [7, 11) is -1.95. The van der Waals surface area contributed by atoms with Crippen molar-refractivity contribution in [2.45, 2.75) is 31.1 Å². The molecule has 0 aromatic carbocycles. The molecule has 0 aliphatic carbocycles. The van der Waals surface area contributed by atoms with E-state index in [1.54, 1.807) is 11.0 Å². The number of thioether (sulfide) groups is 1. The summed E-state index contributed by atoms with van der Waals surface area (Å²) < 4.78 is 5.59. The summed E-state index contributed by atoms with van der Waals surface area (Å²) in [6.45, 7) is 9.99. The molecule has 0 saturated carbocycles. The average Bonchev–Trinajstić information content (AvgIpc) is 2.34. The largest absolute Gasteiger partial charge is 0.519 e. The summed E-state index contributed by atoms with van der Waals surface area (Å²) >= 11 is 1.53. The van der Waals surface area contributed by atoms with E-state index in [9.17, 15) is 9.59 Å². The number of amides is 1. The predicted molar refractivity (Wildman–Crippen MR) is 78.0 cm³/mol. The lowest BCUT2D eigenvalue weighted by atomic mass is 9.87. The second-order valence-corrected chi connectivity index (χ2v) is 11.6. The third-order valence-electron chi connectivity index (χ3n) is 3.34. The number of nitrogens with zero attached hydrogens (tertiary/aromatic N) is 1. The van der Waals surface area contributed by atoms with Crippen molar-refractivity contribution in [1.82, 2.24) is 4.90 Å². The van der Waals surface area contributed by atoms with Gasteiger partial charge < -0.3 is 15.1 Å². The number of hydrogen-bond donors (Lipinski definition) is 1. The lowest BCUT2D eigenvalue weighted by Gasteiger charge is -2.52. The molecule has 19 heavy (non-hydrogen) atoms. The van der Waals surface area contributed by atoms with Gasteiger partial charge in [-0.15, -0.1) is 18.3 Å². The first-order chi connectivity index (χ1) is 8.70. The summed E-state index contributed by atoms with van der Waals surface area (Å²) in [6, 6.07) is -0.430. The lowest BCUT2D eigenvalue weighted by molar-refractivity contribution is -0.152. The van der Waals surface area contributed by atoms with Crippen LogP contribution in [0, 0.1) is 5.41 Å². The summed E-state index contributed by atoms with van der Waals surface area (Å²) in [5.74, 6) is 0.215. The van der Waals surface area contributed by atoms with Gasteiger partial charge in [0.2, 0.25) is 14.2 Å². The molecule has 3 atom stereocenters. The number of carbonyl (C=O) groups excluding carboxylic acids is 2. The molecule has 0 bridgehead atoms. The molecular weight excluding hydrogens is 280 g/mol. The maximum Gasteiger partial charge on any atom is 0.305 e. The highest BCUT2D eigenvalue weighted by molar-refractivity contribution is 8.00. The molecule has 0 aromatic rings. The van der Waals surface area contributed by atoms with E-state index >= 15 is 0 Å². The monoisotopic (exact) mass is 300 g/mol. The molecule has 2 unspecified atom stereocenters. The maximum atomic E-state index is 12.4. The highest BCUT2D eigenvalue weighted by Gasteiger charge is 2.55. The molecule has 1 amide bonds. The topological polar surface area (TPSA) is 72.6 Å². The molecule has 2 aliphatic heterocycles. The van der Waals surface area contributed by atoms with Gasteiger partial charge in [0.05, 0.1) is 0 Å². The molecule has 2 fully saturated rings. The zero-order chi connectivity index (χ0) is 14.4. The van der Waals surface area contributed by atoms with E-state index in [1.807, 2.05) is 19.6 Å². The Morgan fingerprint density at radius 1 is 1.63 bits per heavy atom. The highest BCUT2D eigenvalue weighted by Crippen LogP contribution is 2.42. The van der Waals surface area contributed by atoms with Crippen molar-refractivity contribution in [1.29, 1.82) is 0 Å². The van der Waals surface area contributed by atoms with Gasteiger partial charge in [-0.05, 0) is 19.6 Å². The Morgan fingerprint density at radius 3 is 2.79 bits per heavy atom. The van der Waals surface area contributed by atoms with E-state index in [2.05, 4.69) is 6.58 Å². The van der Waals surface area contributed by atoms with E-state index < -0.39 is 19.8 Å². The lowest BCUT2D eigenvalue weighted by Crippen LogP contribution is -2.72. The van der Waals surface area contributed by atoms with Crippen LogP contribution in [0.5, 0.6) is 0 Å². The van der Waals surface area contributed by atoms with Crippen LogP contribution in [0.25, 0.3) is 0 Å². The van der Waals surface area contributed by atoms with Crippen molar-refractivity contribution >= 4 is 32.0 Å². The van der Waals surface area contributed by atoms with Crippen LogP contribution in [-0.4, -0.2) is 48.8 Å². The van der Waals surface area contributed by atoms with E-state index in [4.69, 9.17) is 10.2 Å². The van der Waals surface area contributed by atoms with Crippen LogP contribution >= 0.6 is 11.8 Å². The van der Waals surface area contributed by atoms with Crippen molar-refractivity contribution in [2.75, 3.05) is 12.3 Å². The van der Waals surface area contributed by atoms with E-state index in [1.165, 1.54) is 11.8 Å². The Bertz CT molecular complexity index is 437. The van der Waals surface area contributed by atoms with Crippen molar-refractivity contribution in [3.8, 4) is 0 Å². The number of fused-ring (bicyclic) bond motifs is 1. The van der Waals surface area contributed by atoms with Crippen molar-refractivity contribution in [2.24, 2.45) is 11.1 Å². The number of nitrogens with two attached hydrogens (primary N) is 1. The first-order valence-electron chi connectivity index (χ1n) is 6.25. The Hall–Kier alpha value is -0.793. The molecule has 0 spiro atoms. The van der Waals surface area contributed by atoms with Crippen LogP contribution in [0.1, 0.15) is 0 Å². The minimum atomic E-state index is -1.95. The zero-order valence-electron chi connectivity index (χ0n) is 11.5. The van der Waals surface area contributed by atoms with Crippen LogP contribution in [0.3, 0.4) is 0 Å². The third kappa shape index (κ3) is 2.46. The van der Waals surface area contributed by atoms with Gasteiger partial charge in [-0.25, -0.2) is 0 Å². The maximum absolute atomic E-state index is 12.4. The molecular formula is C12H20N2O3SSi. The van der Waals surface area contributed by atoms with Crippen LogP contribution in [0.4, 0.5) is 0 Å². The molecule has 0 aromatic heterocycles. The van der Waals surface area contributed by atoms with Gasteiger partial charge >= 0.3 is 5.97 Å². The molecule has 0 radical (unpaired) electrons. The van der Waals surface area contributed by atoms with Gasteiger partial charge in [0.1, 0.15) is 16.8 Å². The fraction of sp³-hybridized carbons (Fsp3) is 0.667. The van der Waals surface area contributed by atoms with Gasteiger partial charge in [0.25, 0.3) is 0 Å². The highest BCUT2D eigenvalue weighted by atomic mass is 32.2. The number of rotatable bonds is 3. The molecule has 2 aliphatic rings. The SMILES string of the molecule is C=CC1(C(=O)O[Si](C)(C)C)CS[C@@H]2C(N)C(=O)N2C1. The van der Waals surface area contributed by atoms with E-state index in [-0.39, 0.29) is 17.3 Å². The van der Waals surface area contributed by atoms with E-state index in [0.29, 0.717) is 12.3 Å². The van der Waals surface area contributed by atoms with Gasteiger partial charge in [0, 0.05) is 12.3 Å². The second-order valence-electron chi connectivity index (χ2n) is 6.06. The summed E-state index contributed by atoms with van der Waals surface area (Å²) in [5.41, 5.74) is 4.94. The number of hydrogen-bond acceptors (Lipinski definition) is 5. The standard InChI is InChI=1S/C12H20N2O3SSi/c1-5-12(11(16)17-19(2,3)4)6-14-9(15)8(13)10(14)18-7-12/h5,8,10H,1,6-7,13H2,2-4H3/t8?,10-,12?/m1/s1. The Morgan fingerprint density at radius 2 is 2.26 bits per heavy atom. The Balaban J connectivity index is 2.14. The van der Waals surface area contributed by atoms with Crippen LogP contribution in [0.15, 0.2) is 12.7 Å². The first-order valence-corrected chi connectivity index (χ1v) is 10.7. The van der Waals surface area contributed by atoms with Crippen LogP contribution < -0.4 is 5.73 Å². The normalized spacial score (nSPS) is 34.3. The second kappa shape index (κ2) is 4.64. The minimum absolute atomic E-state index is 0.000238. The summed E-state index contributed by atoms with van der Waals surface area (Å²) in [6.07, 6.45) is 1.62. The molecule has 2 N–H and O–H groups in total. The molecule has 2 heterocycles. The summed E-state index contributed by atoms with van der Waals surface area (Å²) in [4.78, 5) is 25.8. The summed E-state index contributed by atoms with van der Waals surface area (Å²) in [5, 5.41) is 0.000238. The van der Waals surface area contributed by atoms with Gasteiger partial charge in [-0.2, -0.15) is 0 Å². The van der Waals surface area contributed by atoms with Crippen molar-refractivity contribution in [3.05, 3.63) is 12.7 Å². The fourth-order valence-electron chi connectivity index (χ4n) is 2.21. The third-order valence-corrected chi connectivity index (χ3v) is 5.71. The first kappa shape index (κ1) is 14.6. The van der Waals surface area contributed by atoms with Gasteiger partial charge in [-0.1, -0.05) is 6.08 Å². The quantitative estimate of drug-likeness (QED) is 0.474. The average molecular weight is 300 g/mol. The molecule has 2 saturated heterocycles. The van der Waals surface area contributed by atoms with Crippen LogP contribution in [-0.2, 0) is 14.0 Å². The van der Waals surface area contributed by atoms with Gasteiger partial charge in [-0.3, -0.25) is 9.59 Å². The zero-order valence-corrected chi connectivity index (χ0v) is 13.3. The molecule has 2 rings (SSSR count). The Kier molecular flexibility index (Phi) is 3.57. The van der Waals surface area contributed by atoms with Crippen molar-refractivity contribution < 1.29 is 14.0 Å². The number of β-lactam (4-membered cyclic amide) rings is 1. The number of carbonyl (C=O) groups is 2. The Labute approximate surface area is 118 Å². The van der Waals surface area contributed by atoms with Gasteiger partial charge in [0.15, 0.2) is 0 Å². The van der Waals surface area contributed by atoms with Crippen LogP contribution in [0.2, 0.25) is 19.6 Å².